The normalized spacial score (nSPS) is 12.9. The number of benzene rings is 2. The number of aliphatic hydroxyl groups is 1. The van der Waals surface area contributed by atoms with Crippen molar-refractivity contribution < 1.29 is 18.3 Å². The fraction of sp³-hybridized carbons (Fsp3) is 0.211. The first-order valence-corrected chi connectivity index (χ1v) is 10.5. The molecule has 1 N–H and O–H groups in total. The van der Waals surface area contributed by atoms with Gasteiger partial charge in [-0.05, 0) is 30.3 Å². The Kier molecular flexibility index (Phi) is 5.55. The van der Waals surface area contributed by atoms with Gasteiger partial charge in [-0.15, -0.1) is 0 Å². The van der Waals surface area contributed by atoms with E-state index in [4.69, 9.17) is 11.6 Å². The highest BCUT2D eigenvalue weighted by Gasteiger charge is 2.22. The van der Waals surface area contributed by atoms with E-state index >= 15 is 0 Å². The van der Waals surface area contributed by atoms with E-state index in [1.165, 1.54) is 0 Å². The number of halogens is 1. The highest BCUT2D eigenvalue weighted by molar-refractivity contribution is 7.92. The minimum Gasteiger partial charge on any atom is -0.389 e. The second-order valence-electron chi connectivity index (χ2n) is 6.30. The smallest absolute Gasteiger partial charge is 0.232 e. The van der Waals surface area contributed by atoms with Crippen molar-refractivity contribution in [1.29, 1.82) is 0 Å². The van der Waals surface area contributed by atoms with Crippen LogP contribution in [0.25, 0.3) is 10.9 Å². The number of carbonyl (C=O) groups is 1. The summed E-state index contributed by atoms with van der Waals surface area (Å²) in [6, 6.07) is 13.7. The molecule has 3 aromatic rings. The molecule has 0 saturated carbocycles. The zero-order valence-electron chi connectivity index (χ0n) is 14.6. The summed E-state index contributed by atoms with van der Waals surface area (Å²) in [5, 5.41) is 11.8. The number of hydrogen-bond donors (Lipinski definition) is 1. The van der Waals surface area contributed by atoms with Crippen molar-refractivity contribution in [1.82, 2.24) is 4.57 Å². The van der Waals surface area contributed by atoms with Crippen LogP contribution in [0.2, 0.25) is 5.02 Å². The van der Waals surface area contributed by atoms with Crippen LogP contribution in [0.5, 0.6) is 0 Å². The SMILES string of the molecule is CS(=O)(=O)N(CC(O)Cn1cc(C=O)c2ccccc21)c1ccc(Cl)cc1. The Labute approximate surface area is 162 Å². The predicted octanol–water partition coefficient (Wildman–Crippen LogP) is 2.93. The largest absolute Gasteiger partial charge is 0.389 e. The number of sulfonamides is 1. The first-order chi connectivity index (χ1) is 12.8. The molecule has 1 atom stereocenters. The summed E-state index contributed by atoms with van der Waals surface area (Å²) in [5.74, 6) is 0. The molecule has 3 rings (SSSR count). The van der Waals surface area contributed by atoms with Crippen molar-refractivity contribution in [3.8, 4) is 0 Å². The molecule has 8 heteroatoms. The number of carbonyl (C=O) groups excluding carboxylic acids is 1. The predicted molar refractivity (Wildman–Crippen MR) is 107 cm³/mol. The summed E-state index contributed by atoms with van der Waals surface area (Å²) in [7, 11) is -3.60. The van der Waals surface area contributed by atoms with Crippen molar-refractivity contribution in [2.75, 3.05) is 17.1 Å². The average Bonchev–Trinajstić information content (AvgIpc) is 2.98. The Hall–Kier alpha value is -2.35. The molecule has 0 aliphatic rings. The first kappa shape index (κ1) is 19.4. The maximum Gasteiger partial charge on any atom is 0.232 e. The number of hydrogen-bond acceptors (Lipinski definition) is 4. The number of nitrogens with zero attached hydrogens (tertiary/aromatic N) is 2. The Bertz CT molecular complexity index is 1060. The minimum absolute atomic E-state index is 0.122. The zero-order chi connectivity index (χ0) is 19.6. The lowest BCUT2D eigenvalue weighted by Crippen LogP contribution is -2.38. The number of aromatic nitrogens is 1. The third-order valence-electron chi connectivity index (χ3n) is 4.25. The van der Waals surface area contributed by atoms with Crippen LogP contribution >= 0.6 is 11.6 Å². The quantitative estimate of drug-likeness (QED) is 0.612. The topological polar surface area (TPSA) is 79.6 Å². The van der Waals surface area contributed by atoms with Crippen molar-refractivity contribution in [3.05, 3.63) is 65.3 Å². The van der Waals surface area contributed by atoms with Gasteiger partial charge in [-0.25, -0.2) is 8.42 Å². The van der Waals surface area contributed by atoms with Crippen molar-refractivity contribution in [3.63, 3.8) is 0 Å². The standard InChI is InChI=1S/C19H19ClN2O4S/c1-27(25,26)22(16-8-6-15(20)7-9-16)12-17(24)11-21-10-14(13-23)18-4-2-3-5-19(18)21/h2-10,13,17,24H,11-12H2,1H3. The lowest BCUT2D eigenvalue weighted by atomic mass is 10.2. The van der Waals surface area contributed by atoms with Gasteiger partial charge in [0.25, 0.3) is 0 Å². The van der Waals surface area contributed by atoms with E-state index in [-0.39, 0.29) is 13.1 Å². The monoisotopic (exact) mass is 406 g/mol. The fourth-order valence-electron chi connectivity index (χ4n) is 3.04. The first-order valence-electron chi connectivity index (χ1n) is 8.24. The van der Waals surface area contributed by atoms with Gasteiger partial charge in [0.1, 0.15) is 0 Å². The van der Waals surface area contributed by atoms with Crippen LogP contribution in [0, 0.1) is 0 Å². The number of aldehydes is 1. The zero-order valence-corrected chi connectivity index (χ0v) is 16.2. The lowest BCUT2D eigenvalue weighted by Gasteiger charge is -2.25. The van der Waals surface area contributed by atoms with E-state index in [1.54, 1.807) is 35.0 Å². The van der Waals surface area contributed by atoms with Gasteiger partial charge in [0.2, 0.25) is 10.0 Å². The van der Waals surface area contributed by atoms with Gasteiger partial charge >= 0.3 is 0 Å². The summed E-state index contributed by atoms with van der Waals surface area (Å²) in [5.41, 5.74) is 1.75. The molecule has 0 saturated heterocycles. The summed E-state index contributed by atoms with van der Waals surface area (Å²) in [6.45, 7) is 0.0252. The molecule has 0 radical (unpaired) electrons. The van der Waals surface area contributed by atoms with E-state index in [2.05, 4.69) is 0 Å². The molecular formula is C19H19ClN2O4S. The number of rotatable bonds is 7. The van der Waals surface area contributed by atoms with Crippen LogP contribution in [-0.4, -0.2) is 43.3 Å². The number of fused-ring (bicyclic) bond motifs is 1. The van der Waals surface area contributed by atoms with Gasteiger partial charge in [0, 0.05) is 27.7 Å². The van der Waals surface area contributed by atoms with E-state index in [0.717, 1.165) is 27.8 Å². The van der Waals surface area contributed by atoms with Gasteiger partial charge in [0.05, 0.1) is 31.1 Å². The molecule has 27 heavy (non-hydrogen) atoms. The molecule has 142 valence electrons. The molecule has 0 spiro atoms. The molecule has 0 bridgehead atoms. The van der Waals surface area contributed by atoms with Crippen LogP contribution in [0.1, 0.15) is 10.4 Å². The Balaban J connectivity index is 1.86. The molecule has 6 nitrogen and oxygen atoms in total. The third kappa shape index (κ3) is 4.32. The molecule has 0 aliphatic carbocycles. The maximum atomic E-state index is 12.2. The fourth-order valence-corrected chi connectivity index (χ4v) is 4.11. The van der Waals surface area contributed by atoms with Crippen LogP contribution in [0.15, 0.2) is 54.7 Å². The lowest BCUT2D eigenvalue weighted by molar-refractivity contribution is 0.112. The maximum absolute atomic E-state index is 12.2. The minimum atomic E-state index is -3.60. The number of anilines is 1. The summed E-state index contributed by atoms with van der Waals surface area (Å²) in [6.07, 6.45) is 2.53. The molecular weight excluding hydrogens is 388 g/mol. The van der Waals surface area contributed by atoms with Crippen molar-refractivity contribution in [2.45, 2.75) is 12.6 Å². The average molecular weight is 407 g/mol. The molecule has 1 heterocycles. The Morgan fingerprint density at radius 1 is 1.19 bits per heavy atom. The molecule has 2 aromatic carbocycles. The number of aliphatic hydroxyl groups excluding tert-OH is 1. The van der Waals surface area contributed by atoms with Crippen molar-refractivity contribution >= 4 is 44.5 Å². The number of para-hydroxylation sites is 1. The van der Waals surface area contributed by atoms with Gasteiger partial charge < -0.3 is 9.67 Å². The second-order valence-corrected chi connectivity index (χ2v) is 8.64. The Morgan fingerprint density at radius 3 is 2.48 bits per heavy atom. The summed E-state index contributed by atoms with van der Waals surface area (Å²) in [4.78, 5) is 11.3. The van der Waals surface area contributed by atoms with Gasteiger partial charge in [-0.3, -0.25) is 9.10 Å². The highest BCUT2D eigenvalue weighted by atomic mass is 35.5. The summed E-state index contributed by atoms with van der Waals surface area (Å²) < 4.78 is 27.3. The van der Waals surface area contributed by atoms with Crippen LogP contribution in [0.3, 0.4) is 0 Å². The molecule has 0 fully saturated rings. The summed E-state index contributed by atoms with van der Waals surface area (Å²) >= 11 is 5.87. The van der Waals surface area contributed by atoms with E-state index in [0.29, 0.717) is 16.3 Å². The van der Waals surface area contributed by atoms with Crippen LogP contribution in [0.4, 0.5) is 5.69 Å². The van der Waals surface area contributed by atoms with E-state index < -0.39 is 16.1 Å². The second kappa shape index (κ2) is 7.72. The molecule has 1 aromatic heterocycles. The van der Waals surface area contributed by atoms with E-state index in [1.807, 2.05) is 24.3 Å². The van der Waals surface area contributed by atoms with Gasteiger partial charge in [0.15, 0.2) is 6.29 Å². The highest BCUT2D eigenvalue weighted by Crippen LogP contribution is 2.23. The van der Waals surface area contributed by atoms with Crippen LogP contribution in [-0.2, 0) is 16.6 Å². The van der Waals surface area contributed by atoms with E-state index in [9.17, 15) is 18.3 Å². The van der Waals surface area contributed by atoms with Gasteiger partial charge in [-0.2, -0.15) is 0 Å². The molecule has 0 amide bonds. The molecule has 1 unspecified atom stereocenters. The Morgan fingerprint density at radius 2 is 1.85 bits per heavy atom. The van der Waals surface area contributed by atoms with Gasteiger partial charge in [-0.1, -0.05) is 29.8 Å². The third-order valence-corrected chi connectivity index (χ3v) is 5.66. The molecule has 0 aliphatic heterocycles. The van der Waals surface area contributed by atoms with Crippen molar-refractivity contribution in [2.24, 2.45) is 0 Å². The van der Waals surface area contributed by atoms with Crippen LogP contribution < -0.4 is 4.31 Å².